The Morgan fingerprint density at radius 3 is 2.41 bits per heavy atom. The monoisotopic (exact) mass is 374 g/mol. The van der Waals surface area contributed by atoms with Crippen molar-refractivity contribution in [2.45, 2.75) is 26.8 Å². The molecule has 0 radical (unpaired) electrons. The summed E-state index contributed by atoms with van der Waals surface area (Å²) in [5, 5.41) is 2.70. The highest BCUT2D eigenvalue weighted by Crippen LogP contribution is 2.23. The predicted octanol–water partition coefficient (Wildman–Crippen LogP) is 2.41. The van der Waals surface area contributed by atoms with E-state index in [2.05, 4.69) is 5.32 Å². The van der Waals surface area contributed by atoms with Gasteiger partial charge >= 0.3 is 5.97 Å². The molecule has 1 aromatic carbocycles. The van der Waals surface area contributed by atoms with Gasteiger partial charge < -0.3 is 24.1 Å². The number of hydrogen-bond acceptors (Lipinski definition) is 5. The van der Waals surface area contributed by atoms with Crippen LogP contribution in [0, 0.1) is 13.8 Å². The first kappa shape index (κ1) is 20.5. The second kappa shape index (κ2) is 9.23. The number of ether oxygens (including phenoxy) is 3. The number of rotatable bonds is 8. The number of methoxy groups -OCH3 is 2. The molecule has 0 spiro atoms. The molecule has 2 rings (SSSR count). The maximum atomic E-state index is 12.4. The van der Waals surface area contributed by atoms with Crippen molar-refractivity contribution in [3.8, 4) is 11.4 Å². The number of nitrogens with zero attached hydrogens (tertiary/aromatic N) is 1. The number of esters is 1. The number of benzene rings is 1. The van der Waals surface area contributed by atoms with E-state index in [1.54, 1.807) is 20.3 Å². The number of hydrogen-bond donors (Lipinski definition) is 1. The quantitative estimate of drug-likeness (QED) is 0.718. The first-order valence-corrected chi connectivity index (χ1v) is 8.66. The van der Waals surface area contributed by atoms with Gasteiger partial charge in [0, 0.05) is 30.2 Å². The topological polar surface area (TPSA) is 78.8 Å². The molecule has 0 bridgehead atoms. The Morgan fingerprint density at radius 1 is 1.15 bits per heavy atom. The molecule has 1 unspecified atom stereocenters. The van der Waals surface area contributed by atoms with E-state index in [4.69, 9.17) is 14.2 Å². The third-order valence-electron chi connectivity index (χ3n) is 4.14. The Hall–Kier alpha value is -2.80. The molecule has 0 aliphatic rings. The van der Waals surface area contributed by atoms with Gasteiger partial charge in [-0.15, -0.1) is 0 Å². The van der Waals surface area contributed by atoms with Crippen LogP contribution in [0.2, 0.25) is 0 Å². The van der Waals surface area contributed by atoms with Crippen LogP contribution < -0.4 is 10.1 Å². The lowest BCUT2D eigenvalue weighted by atomic mass is 10.2. The van der Waals surface area contributed by atoms with E-state index in [9.17, 15) is 9.59 Å². The van der Waals surface area contributed by atoms with Crippen molar-refractivity contribution in [3.05, 3.63) is 47.3 Å². The summed E-state index contributed by atoms with van der Waals surface area (Å²) < 4.78 is 17.3. The minimum absolute atomic E-state index is 0.152. The lowest BCUT2D eigenvalue weighted by Crippen LogP contribution is -2.38. The second-order valence-electron chi connectivity index (χ2n) is 6.32. The molecule has 0 fully saturated rings. The molecule has 0 aliphatic carbocycles. The lowest BCUT2D eigenvalue weighted by molar-refractivity contribution is -0.125. The maximum absolute atomic E-state index is 12.4. The van der Waals surface area contributed by atoms with Crippen LogP contribution >= 0.6 is 0 Å². The highest BCUT2D eigenvalue weighted by molar-refractivity contribution is 5.93. The molecule has 7 nitrogen and oxygen atoms in total. The first-order valence-electron chi connectivity index (χ1n) is 8.66. The SMILES string of the molecule is COCC(C)NC(=O)COC(=O)c1cc(C)n(-c2ccc(OC)cc2)c1C. The summed E-state index contributed by atoms with van der Waals surface area (Å²) in [4.78, 5) is 24.3. The molecule has 0 saturated carbocycles. The summed E-state index contributed by atoms with van der Waals surface area (Å²) in [6.45, 7) is 5.62. The summed E-state index contributed by atoms with van der Waals surface area (Å²) in [5.41, 5.74) is 2.98. The van der Waals surface area contributed by atoms with Crippen molar-refractivity contribution < 1.29 is 23.8 Å². The van der Waals surface area contributed by atoms with Crippen molar-refractivity contribution in [3.63, 3.8) is 0 Å². The van der Waals surface area contributed by atoms with Crippen LogP contribution in [0.1, 0.15) is 28.7 Å². The van der Waals surface area contributed by atoms with E-state index in [-0.39, 0.29) is 18.6 Å². The number of nitrogens with one attached hydrogen (secondary N) is 1. The van der Waals surface area contributed by atoms with Gasteiger partial charge in [0.25, 0.3) is 5.91 Å². The van der Waals surface area contributed by atoms with Crippen molar-refractivity contribution in [1.82, 2.24) is 9.88 Å². The average molecular weight is 374 g/mol. The number of amides is 1. The van der Waals surface area contributed by atoms with Gasteiger partial charge in [-0.3, -0.25) is 4.79 Å². The van der Waals surface area contributed by atoms with Crippen LogP contribution in [0.4, 0.5) is 0 Å². The molecule has 2 aromatic rings. The predicted molar refractivity (Wildman–Crippen MR) is 102 cm³/mol. The van der Waals surface area contributed by atoms with Crippen molar-refractivity contribution in [2.24, 2.45) is 0 Å². The lowest BCUT2D eigenvalue weighted by Gasteiger charge is -2.13. The van der Waals surface area contributed by atoms with Crippen molar-refractivity contribution in [1.29, 1.82) is 0 Å². The normalized spacial score (nSPS) is 11.7. The maximum Gasteiger partial charge on any atom is 0.340 e. The standard InChI is InChI=1S/C20H26N2O5/c1-13(11-25-4)21-19(23)12-27-20(24)18-10-14(2)22(15(18)3)16-6-8-17(26-5)9-7-16/h6-10,13H,11-12H2,1-5H3,(H,21,23). The van der Waals surface area contributed by atoms with Gasteiger partial charge in [0.15, 0.2) is 6.61 Å². The molecule has 7 heteroatoms. The largest absolute Gasteiger partial charge is 0.497 e. The van der Waals surface area contributed by atoms with Crippen molar-refractivity contribution in [2.75, 3.05) is 27.4 Å². The Kier molecular flexibility index (Phi) is 7.01. The Balaban J connectivity index is 2.08. The van der Waals surface area contributed by atoms with E-state index in [1.165, 1.54) is 0 Å². The number of aryl methyl sites for hydroxylation is 1. The fraction of sp³-hybridized carbons (Fsp3) is 0.400. The zero-order chi connectivity index (χ0) is 20.0. The average Bonchev–Trinajstić information content (AvgIpc) is 2.94. The fourth-order valence-corrected chi connectivity index (χ4v) is 2.92. The van der Waals surface area contributed by atoms with E-state index >= 15 is 0 Å². The molecule has 0 aliphatic heterocycles. The zero-order valence-electron chi connectivity index (χ0n) is 16.4. The number of carbonyl (C=O) groups excluding carboxylic acids is 2. The molecule has 1 aromatic heterocycles. The molecule has 27 heavy (non-hydrogen) atoms. The molecule has 1 heterocycles. The van der Waals surface area contributed by atoms with Gasteiger partial charge in [0.2, 0.25) is 0 Å². The van der Waals surface area contributed by atoms with Gasteiger partial charge in [0.05, 0.1) is 19.3 Å². The van der Waals surface area contributed by atoms with Crippen LogP contribution in [0.3, 0.4) is 0 Å². The van der Waals surface area contributed by atoms with Gasteiger partial charge in [-0.05, 0) is 51.1 Å². The van der Waals surface area contributed by atoms with Gasteiger partial charge in [0.1, 0.15) is 5.75 Å². The van der Waals surface area contributed by atoms with Gasteiger partial charge in [-0.2, -0.15) is 0 Å². The Labute approximate surface area is 159 Å². The minimum atomic E-state index is -0.530. The summed E-state index contributed by atoms with van der Waals surface area (Å²) in [6, 6.07) is 9.15. The molecule has 1 atom stereocenters. The highest BCUT2D eigenvalue weighted by atomic mass is 16.5. The summed E-state index contributed by atoms with van der Waals surface area (Å²) in [5.74, 6) is -0.135. The summed E-state index contributed by atoms with van der Waals surface area (Å²) in [6.07, 6.45) is 0. The van der Waals surface area contributed by atoms with Crippen LogP contribution in [0.25, 0.3) is 5.69 Å². The molecular weight excluding hydrogens is 348 g/mol. The second-order valence-corrected chi connectivity index (χ2v) is 6.32. The number of carbonyl (C=O) groups is 2. The summed E-state index contributed by atoms with van der Waals surface area (Å²) >= 11 is 0. The van der Waals surface area contributed by atoms with E-state index in [0.717, 1.165) is 22.8 Å². The zero-order valence-corrected chi connectivity index (χ0v) is 16.4. The molecule has 1 N–H and O–H groups in total. The summed E-state index contributed by atoms with van der Waals surface area (Å²) in [7, 11) is 3.17. The Morgan fingerprint density at radius 2 is 1.81 bits per heavy atom. The van der Waals surface area contributed by atoms with Crippen LogP contribution in [0.5, 0.6) is 5.75 Å². The minimum Gasteiger partial charge on any atom is -0.497 e. The van der Waals surface area contributed by atoms with Crippen LogP contribution in [-0.4, -0.2) is 49.9 Å². The molecular formula is C20H26N2O5. The van der Waals surface area contributed by atoms with Crippen LogP contribution in [0.15, 0.2) is 30.3 Å². The molecule has 0 saturated heterocycles. The Bertz CT molecular complexity index is 795. The molecule has 1 amide bonds. The smallest absolute Gasteiger partial charge is 0.340 e. The first-order chi connectivity index (χ1) is 12.9. The third kappa shape index (κ3) is 5.10. The number of aromatic nitrogens is 1. The van der Waals surface area contributed by atoms with Crippen molar-refractivity contribution >= 4 is 11.9 Å². The van der Waals surface area contributed by atoms with E-state index in [1.807, 2.05) is 49.6 Å². The van der Waals surface area contributed by atoms with E-state index < -0.39 is 5.97 Å². The van der Waals surface area contributed by atoms with Gasteiger partial charge in [-0.25, -0.2) is 4.79 Å². The van der Waals surface area contributed by atoms with Gasteiger partial charge in [-0.1, -0.05) is 0 Å². The van der Waals surface area contributed by atoms with Crippen LogP contribution in [-0.2, 0) is 14.3 Å². The third-order valence-corrected chi connectivity index (χ3v) is 4.14. The highest BCUT2D eigenvalue weighted by Gasteiger charge is 2.19. The molecule has 146 valence electrons. The van der Waals surface area contributed by atoms with E-state index in [0.29, 0.717) is 12.2 Å². The fourth-order valence-electron chi connectivity index (χ4n) is 2.92.